The molecule has 0 saturated carbocycles. The Morgan fingerprint density at radius 2 is 2.16 bits per heavy atom. The minimum absolute atomic E-state index is 0. The van der Waals surface area contributed by atoms with Crippen LogP contribution >= 0.6 is 28.3 Å². The van der Waals surface area contributed by atoms with Crippen LogP contribution in [0.4, 0.5) is 0 Å². The highest BCUT2D eigenvalue weighted by Gasteiger charge is 2.35. The zero-order valence-electron chi connectivity index (χ0n) is 14.2. The molecule has 1 unspecified atom stereocenters. The van der Waals surface area contributed by atoms with Crippen molar-refractivity contribution >= 4 is 45.1 Å². The molecule has 0 bridgehead atoms. The number of amides is 1. The van der Waals surface area contributed by atoms with Gasteiger partial charge in [-0.25, -0.2) is 4.98 Å². The average molecular weight is 430 g/mol. The molecule has 1 atom stereocenters. The normalized spacial score (nSPS) is 19.5. The Hall–Kier alpha value is -1.44. The van der Waals surface area contributed by atoms with Crippen molar-refractivity contribution in [3.8, 4) is 0 Å². The van der Waals surface area contributed by atoms with Crippen molar-refractivity contribution in [2.75, 3.05) is 13.1 Å². The highest BCUT2D eigenvalue weighted by Crippen LogP contribution is 2.27. The Kier molecular flexibility index (Phi) is 5.91. The first-order valence-electron chi connectivity index (χ1n) is 7.96. The maximum atomic E-state index is 12.6. The van der Waals surface area contributed by atoms with Crippen LogP contribution in [0.25, 0.3) is 10.9 Å². The first-order chi connectivity index (χ1) is 11.3. The fraction of sp³-hybridized carbons (Fsp3) is 0.471. The van der Waals surface area contributed by atoms with Gasteiger partial charge in [0.2, 0.25) is 5.91 Å². The van der Waals surface area contributed by atoms with Crippen LogP contribution in [-0.4, -0.2) is 39.5 Å². The lowest BCUT2D eigenvalue weighted by atomic mass is 9.79. The number of halogens is 2. The van der Waals surface area contributed by atoms with E-state index in [0.29, 0.717) is 24.0 Å². The van der Waals surface area contributed by atoms with Gasteiger partial charge in [0.25, 0.3) is 5.56 Å². The summed E-state index contributed by atoms with van der Waals surface area (Å²) in [6.45, 7) is 5.37. The summed E-state index contributed by atoms with van der Waals surface area (Å²) < 4.78 is 2.18. The Morgan fingerprint density at radius 3 is 2.84 bits per heavy atom. The lowest BCUT2D eigenvalue weighted by molar-refractivity contribution is -0.135. The molecule has 3 rings (SSSR count). The van der Waals surface area contributed by atoms with Crippen molar-refractivity contribution < 1.29 is 4.79 Å². The molecule has 1 aromatic carbocycles. The van der Waals surface area contributed by atoms with Crippen LogP contribution in [0.3, 0.4) is 0 Å². The Labute approximate surface area is 160 Å². The number of rotatable bonds is 2. The van der Waals surface area contributed by atoms with E-state index < -0.39 is 0 Å². The minimum Gasteiger partial charge on any atom is -0.340 e. The Bertz CT molecular complexity index is 852. The Balaban J connectivity index is 0.00000225. The molecule has 1 saturated heterocycles. The van der Waals surface area contributed by atoms with Gasteiger partial charge in [-0.15, -0.1) is 12.4 Å². The Morgan fingerprint density at radius 1 is 1.44 bits per heavy atom. The lowest BCUT2D eigenvalue weighted by Gasteiger charge is -2.42. The molecule has 136 valence electrons. The number of likely N-dealkylation sites (tertiary alicyclic amines) is 1. The predicted molar refractivity (Wildman–Crippen MR) is 104 cm³/mol. The topological polar surface area (TPSA) is 81.2 Å². The number of nitrogens with zero attached hydrogens (tertiary/aromatic N) is 3. The number of benzene rings is 1. The van der Waals surface area contributed by atoms with E-state index in [4.69, 9.17) is 5.73 Å². The molecular formula is C17H22BrClN4O2. The third-order valence-electron chi connectivity index (χ3n) is 4.76. The van der Waals surface area contributed by atoms with Gasteiger partial charge in [-0.1, -0.05) is 29.8 Å². The van der Waals surface area contributed by atoms with Crippen LogP contribution in [-0.2, 0) is 11.3 Å². The van der Waals surface area contributed by atoms with Gasteiger partial charge in [0, 0.05) is 23.6 Å². The van der Waals surface area contributed by atoms with Crippen LogP contribution in [0.2, 0.25) is 0 Å². The van der Waals surface area contributed by atoms with Gasteiger partial charge in [-0.2, -0.15) is 0 Å². The van der Waals surface area contributed by atoms with Gasteiger partial charge in [0.05, 0.1) is 17.2 Å². The molecule has 8 heteroatoms. The van der Waals surface area contributed by atoms with Crippen molar-refractivity contribution in [3.63, 3.8) is 0 Å². The summed E-state index contributed by atoms with van der Waals surface area (Å²) in [4.78, 5) is 31.3. The van der Waals surface area contributed by atoms with Crippen molar-refractivity contribution in [1.82, 2.24) is 14.5 Å². The van der Waals surface area contributed by atoms with E-state index in [-0.39, 0.29) is 41.9 Å². The quantitative estimate of drug-likeness (QED) is 0.793. The molecule has 0 aliphatic carbocycles. The summed E-state index contributed by atoms with van der Waals surface area (Å²) in [6.07, 6.45) is 2.22. The number of fused-ring (bicyclic) bond motifs is 1. The highest BCUT2D eigenvalue weighted by atomic mass is 79.9. The van der Waals surface area contributed by atoms with Crippen LogP contribution in [0, 0.1) is 5.41 Å². The molecule has 25 heavy (non-hydrogen) atoms. The van der Waals surface area contributed by atoms with Gasteiger partial charge in [-0.3, -0.25) is 14.2 Å². The summed E-state index contributed by atoms with van der Waals surface area (Å²) in [5, 5.41) is 0.501. The van der Waals surface area contributed by atoms with Crippen molar-refractivity contribution in [2.24, 2.45) is 11.1 Å². The monoisotopic (exact) mass is 428 g/mol. The number of nitrogens with two attached hydrogens (primary N) is 1. The predicted octanol–water partition coefficient (Wildman–Crippen LogP) is 2.17. The first kappa shape index (κ1) is 19.9. The van der Waals surface area contributed by atoms with E-state index in [1.165, 1.54) is 10.9 Å². The van der Waals surface area contributed by atoms with E-state index >= 15 is 0 Å². The third kappa shape index (κ3) is 4.04. The first-order valence-corrected chi connectivity index (χ1v) is 8.75. The van der Waals surface area contributed by atoms with Gasteiger partial charge in [-0.05, 0) is 30.0 Å². The zero-order chi connectivity index (χ0) is 17.5. The molecule has 0 radical (unpaired) electrons. The number of aromatic nitrogens is 2. The number of carbonyl (C=O) groups is 1. The minimum atomic E-state index is -0.206. The van der Waals surface area contributed by atoms with Crippen molar-refractivity contribution in [1.29, 1.82) is 0 Å². The summed E-state index contributed by atoms with van der Waals surface area (Å²) in [5.41, 5.74) is 6.42. The maximum absolute atomic E-state index is 12.6. The van der Waals surface area contributed by atoms with Crippen LogP contribution in [0.15, 0.2) is 33.8 Å². The maximum Gasteiger partial charge on any atom is 0.261 e. The van der Waals surface area contributed by atoms with E-state index in [1.807, 2.05) is 6.07 Å². The second-order valence-corrected chi connectivity index (χ2v) is 7.95. The van der Waals surface area contributed by atoms with Gasteiger partial charge >= 0.3 is 0 Å². The molecule has 1 aliphatic heterocycles. The molecule has 1 amide bonds. The van der Waals surface area contributed by atoms with E-state index in [9.17, 15) is 9.59 Å². The number of piperidine rings is 1. The van der Waals surface area contributed by atoms with Crippen LogP contribution < -0.4 is 11.3 Å². The molecule has 2 aromatic rings. The second kappa shape index (κ2) is 7.43. The molecule has 1 fully saturated rings. The standard InChI is InChI=1S/C17H21BrN4O2.ClH/c1-17(2)9-21(6-5-14(17)19)15(23)8-22-10-20-13-4-3-11(18)7-12(13)16(22)24;/h3-4,7,10,14H,5-6,8-9,19H2,1-2H3;1H. The lowest BCUT2D eigenvalue weighted by Crippen LogP contribution is -2.54. The van der Waals surface area contributed by atoms with E-state index in [0.717, 1.165) is 10.9 Å². The highest BCUT2D eigenvalue weighted by molar-refractivity contribution is 9.10. The molecule has 1 aliphatic rings. The van der Waals surface area contributed by atoms with Crippen LogP contribution in [0.5, 0.6) is 0 Å². The molecular weight excluding hydrogens is 408 g/mol. The average Bonchev–Trinajstić information content (AvgIpc) is 2.53. The second-order valence-electron chi connectivity index (χ2n) is 7.04. The summed E-state index contributed by atoms with van der Waals surface area (Å²) in [6, 6.07) is 5.43. The van der Waals surface area contributed by atoms with E-state index in [2.05, 4.69) is 34.8 Å². The summed E-state index contributed by atoms with van der Waals surface area (Å²) in [5.74, 6) is -0.0757. The summed E-state index contributed by atoms with van der Waals surface area (Å²) in [7, 11) is 0. The number of carbonyl (C=O) groups excluding carboxylic acids is 1. The van der Waals surface area contributed by atoms with Crippen LogP contribution in [0.1, 0.15) is 20.3 Å². The smallest absolute Gasteiger partial charge is 0.261 e. The molecule has 1 aromatic heterocycles. The largest absolute Gasteiger partial charge is 0.340 e. The van der Waals surface area contributed by atoms with Crippen molar-refractivity contribution in [2.45, 2.75) is 32.9 Å². The number of hydrogen-bond acceptors (Lipinski definition) is 4. The fourth-order valence-corrected chi connectivity index (χ4v) is 3.44. The van der Waals surface area contributed by atoms with Gasteiger partial charge in [0.1, 0.15) is 6.54 Å². The van der Waals surface area contributed by atoms with Gasteiger partial charge in [0.15, 0.2) is 0 Å². The third-order valence-corrected chi connectivity index (χ3v) is 5.25. The fourth-order valence-electron chi connectivity index (χ4n) is 3.08. The van der Waals surface area contributed by atoms with E-state index in [1.54, 1.807) is 17.0 Å². The van der Waals surface area contributed by atoms with Crippen molar-refractivity contribution in [3.05, 3.63) is 39.4 Å². The SMILES string of the molecule is CC1(C)CN(C(=O)Cn2cnc3ccc(Br)cc3c2=O)CCC1N.Cl. The molecule has 2 N–H and O–H groups in total. The zero-order valence-corrected chi connectivity index (χ0v) is 16.6. The molecule has 0 spiro atoms. The number of hydrogen-bond donors (Lipinski definition) is 1. The molecule has 2 heterocycles. The molecule has 6 nitrogen and oxygen atoms in total. The van der Waals surface area contributed by atoms with Gasteiger partial charge < -0.3 is 10.6 Å². The summed E-state index contributed by atoms with van der Waals surface area (Å²) >= 11 is 3.36.